The minimum atomic E-state index is -0.372. The maximum atomic E-state index is 12.7. The molecule has 1 aromatic carbocycles. The van der Waals surface area contributed by atoms with E-state index in [0.29, 0.717) is 11.6 Å². The molecule has 3 aromatic heterocycles. The number of hydrogen-bond donors (Lipinski definition) is 1. The molecule has 25 heavy (non-hydrogen) atoms. The highest BCUT2D eigenvalue weighted by Crippen LogP contribution is 2.26. The minimum absolute atomic E-state index is 0.0565. The number of aryl methyl sites for hydroxylation is 1. The number of rotatable bonds is 4. The third kappa shape index (κ3) is 3.07. The lowest BCUT2D eigenvalue weighted by Gasteiger charge is -2.06. The van der Waals surface area contributed by atoms with E-state index in [2.05, 4.69) is 20.6 Å². The lowest BCUT2D eigenvalue weighted by Crippen LogP contribution is -2.17. The zero-order chi connectivity index (χ0) is 17.2. The van der Waals surface area contributed by atoms with Crippen molar-refractivity contribution >= 4 is 23.3 Å². The normalized spacial score (nSPS) is 10.8. The fraction of sp³-hybridized carbons (Fsp3) is 0.0588. The number of hydrogen-bond acceptors (Lipinski definition) is 6. The number of para-hydroxylation sites is 1. The summed E-state index contributed by atoms with van der Waals surface area (Å²) in [4.78, 5) is 13.7. The van der Waals surface area contributed by atoms with Gasteiger partial charge in [0.05, 0.1) is 10.6 Å². The van der Waals surface area contributed by atoms with Crippen molar-refractivity contribution < 1.29 is 9.21 Å². The highest BCUT2D eigenvalue weighted by atomic mass is 32.1. The van der Waals surface area contributed by atoms with Gasteiger partial charge in [-0.25, -0.2) is 4.68 Å². The molecule has 0 bridgehead atoms. The van der Waals surface area contributed by atoms with Crippen molar-refractivity contribution in [3.8, 4) is 16.3 Å². The van der Waals surface area contributed by atoms with Gasteiger partial charge in [0.2, 0.25) is 5.89 Å². The third-order valence-corrected chi connectivity index (χ3v) is 4.36. The average Bonchev–Trinajstić information content (AvgIpc) is 3.35. The van der Waals surface area contributed by atoms with Crippen molar-refractivity contribution in [1.82, 2.24) is 20.0 Å². The van der Waals surface area contributed by atoms with E-state index in [4.69, 9.17) is 4.42 Å². The molecule has 4 rings (SSSR count). The molecule has 7 nitrogen and oxygen atoms in total. The smallest absolute Gasteiger partial charge is 0.322 e. The van der Waals surface area contributed by atoms with Crippen molar-refractivity contribution in [1.29, 1.82) is 0 Å². The van der Waals surface area contributed by atoms with Crippen LogP contribution in [0.25, 0.3) is 16.3 Å². The molecule has 0 spiro atoms. The van der Waals surface area contributed by atoms with E-state index in [-0.39, 0.29) is 11.9 Å². The van der Waals surface area contributed by atoms with Crippen molar-refractivity contribution in [3.63, 3.8) is 0 Å². The molecule has 0 saturated carbocycles. The first-order valence-electron chi connectivity index (χ1n) is 7.51. The lowest BCUT2D eigenvalue weighted by molar-refractivity contribution is 0.101. The Hall–Kier alpha value is -3.26. The Morgan fingerprint density at radius 3 is 2.68 bits per heavy atom. The highest BCUT2D eigenvalue weighted by Gasteiger charge is 2.19. The first-order valence-corrected chi connectivity index (χ1v) is 8.39. The Morgan fingerprint density at radius 1 is 1.16 bits per heavy atom. The predicted octanol–water partition coefficient (Wildman–Crippen LogP) is 3.54. The second kappa shape index (κ2) is 6.33. The van der Waals surface area contributed by atoms with Crippen LogP contribution in [0.3, 0.4) is 0 Å². The number of amides is 1. The highest BCUT2D eigenvalue weighted by molar-refractivity contribution is 7.13. The van der Waals surface area contributed by atoms with Gasteiger partial charge in [-0.15, -0.1) is 16.4 Å². The number of nitrogens with one attached hydrogen (secondary N) is 1. The number of nitrogens with zero attached hydrogens (tertiary/aromatic N) is 4. The standard InChI is InChI=1S/C17H13N5O2S/c1-11-19-20-17(24-11)18-16(23)14-10-13(15-8-5-9-25-15)21-22(14)12-6-3-2-4-7-12/h2-10H,1H3,(H,18,20,23). The molecule has 0 saturated heterocycles. The van der Waals surface area contributed by atoms with Gasteiger partial charge in [-0.3, -0.25) is 10.1 Å². The van der Waals surface area contributed by atoms with Crippen LogP contribution < -0.4 is 5.32 Å². The number of carbonyl (C=O) groups excluding carboxylic acids is 1. The molecule has 1 N–H and O–H groups in total. The second-order valence-electron chi connectivity index (χ2n) is 5.22. The second-order valence-corrected chi connectivity index (χ2v) is 6.17. The van der Waals surface area contributed by atoms with E-state index < -0.39 is 0 Å². The number of thiophene rings is 1. The molecule has 0 aliphatic carbocycles. The molecule has 4 aromatic rings. The summed E-state index contributed by atoms with van der Waals surface area (Å²) in [6.07, 6.45) is 0. The number of carbonyl (C=O) groups is 1. The van der Waals surface area contributed by atoms with Crippen LogP contribution in [0.15, 0.2) is 58.3 Å². The number of benzene rings is 1. The molecule has 0 aliphatic heterocycles. The van der Waals surface area contributed by atoms with Gasteiger partial charge in [-0.1, -0.05) is 29.4 Å². The molecule has 0 aliphatic rings. The zero-order valence-corrected chi connectivity index (χ0v) is 14.0. The van der Waals surface area contributed by atoms with E-state index in [1.54, 1.807) is 29.0 Å². The van der Waals surface area contributed by atoms with Crippen molar-refractivity contribution in [2.45, 2.75) is 6.92 Å². The summed E-state index contributed by atoms with van der Waals surface area (Å²) in [6, 6.07) is 15.2. The summed E-state index contributed by atoms with van der Waals surface area (Å²) >= 11 is 1.56. The summed E-state index contributed by atoms with van der Waals surface area (Å²) in [5, 5.41) is 16.7. The summed E-state index contributed by atoms with van der Waals surface area (Å²) in [7, 11) is 0. The quantitative estimate of drug-likeness (QED) is 0.608. The topological polar surface area (TPSA) is 85.8 Å². The molecule has 0 fully saturated rings. The van der Waals surface area contributed by atoms with Crippen molar-refractivity contribution in [2.24, 2.45) is 0 Å². The largest absolute Gasteiger partial charge is 0.408 e. The number of aromatic nitrogens is 4. The Kier molecular flexibility index (Phi) is 3.87. The lowest BCUT2D eigenvalue weighted by atomic mass is 10.3. The summed E-state index contributed by atoms with van der Waals surface area (Å²) in [6.45, 7) is 1.66. The van der Waals surface area contributed by atoms with Gasteiger partial charge in [0.25, 0.3) is 5.91 Å². The minimum Gasteiger partial charge on any atom is -0.408 e. The van der Waals surface area contributed by atoms with Gasteiger partial charge in [0.15, 0.2) is 0 Å². The van der Waals surface area contributed by atoms with Crippen LogP contribution in [0.2, 0.25) is 0 Å². The summed E-state index contributed by atoms with van der Waals surface area (Å²) in [5.74, 6) is 0.00829. The van der Waals surface area contributed by atoms with Gasteiger partial charge in [0.1, 0.15) is 11.4 Å². The van der Waals surface area contributed by atoms with Gasteiger partial charge in [0, 0.05) is 6.92 Å². The average molecular weight is 351 g/mol. The van der Waals surface area contributed by atoms with E-state index in [1.165, 1.54) is 0 Å². The Bertz CT molecular complexity index is 1010. The first-order chi connectivity index (χ1) is 12.2. The molecule has 8 heteroatoms. The fourth-order valence-corrected chi connectivity index (χ4v) is 3.04. The maximum absolute atomic E-state index is 12.7. The van der Waals surface area contributed by atoms with E-state index in [9.17, 15) is 4.79 Å². The van der Waals surface area contributed by atoms with Crippen LogP contribution in [0, 0.1) is 6.92 Å². The maximum Gasteiger partial charge on any atom is 0.322 e. The molecule has 0 radical (unpaired) electrons. The van der Waals surface area contributed by atoms with Crippen LogP contribution >= 0.6 is 11.3 Å². The van der Waals surface area contributed by atoms with Gasteiger partial charge >= 0.3 is 6.01 Å². The molecule has 3 heterocycles. The summed E-state index contributed by atoms with van der Waals surface area (Å²) < 4.78 is 6.82. The van der Waals surface area contributed by atoms with E-state index in [0.717, 1.165) is 16.3 Å². The molecular weight excluding hydrogens is 338 g/mol. The molecule has 0 atom stereocenters. The van der Waals surface area contributed by atoms with Crippen molar-refractivity contribution in [2.75, 3.05) is 5.32 Å². The van der Waals surface area contributed by atoms with Crippen LogP contribution in [0.5, 0.6) is 0 Å². The SMILES string of the molecule is Cc1nnc(NC(=O)c2cc(-c3cccs3)nn2-c2ccccc2)o1. The Morgan fingerprint density at radius 2 is 2.00 bits per heavy atom. The van der Waals surface area contributed by atoms with Crippen LogP contribution in [-0.2, 0) is 0 Å². The zero-order valence-electron chi connectivity index (χ0n) is 13.2. The van der Waals surface area contributed by atoms with Crippen LogP contribution in [0.1, 0.15) is 16.4 Å². The number of anilines is 1. The van der Waals surface area contributed by atoms with Crippen LogP contribution in [0.4, 0.5) is 6.01 Å². The van der Waals surface area contributed by atoms with E-state index in [1.807, 2.05) is 47.8 Å². The van der Waals surface area contributed by atoms with Crippen LogP contribution in [-0.4, -0.2) is 25.9 Å². The molecule has 124 valence electrons. The monoisotopic (exact) mass is 351 g/mol. The Balaban J connectivity index is 1.75. The third-order valence-electron chi connectivity index (χ3n) is 3.46. The first kappa shape index (κ1) is 15.3. The Labute approximate surface area is 146 Å². The van der Waals surface area contributed by atoms with E-state index >= 15 is 0 Å². The molecule has 0 unspecified atom stereocenters. The molecule has 1 amide bonds. The van der Waals surface area contributed by atoms with Gasteiger partial charge < -0.3 is 4.42 Å². The van der Waals surface area contributed by atoms with Crippen molar-refractivity contribution in [3.05, 3.63) is 65.5 Å². The molecular formula is C17H13N5O2S. The fourth-order valence-electron chi connectivity index (χ4n) is 2.36. The summed E-state index contributed by atoms with van der Waals surface area (Å²) in [5.41, 5.74) is 1.90. The van der Waals surface area contributed by atoms with Gasteiger partial charge in [-0.05, 0) is 29.6 Å². The van der Waals surface area contributed by atoms with Gasteiger partial charge in [-0.2, -0.15) is 5.10 Å². The predicted molar refractivity (Wildman–Crippen MR) is 93.9 cm³/mol.